The minimum Gasteiger partial charge on any atom is -0.370 e. The normalized spacial score (nSPS) is 19.3. The van der Waals surface area contributed by atoms with E-state index in [2.05, 4.69) is 22.5 Å². The summed E-state index contributed by atoms with van der Waals surface area (Å²) in [5, 5.41) is 6.05. The van der Waals surface area contributed by atoms with Crippen LogP contribution in [0.25, 0.3) is 0 Å². The average Bonchev–Trinajstić information content (AvgIpc) is 2.37. The molecule has 0 aromatic rings. The molecule has 1 aliphatic rings. The van der Waals surface area contributed by atoms with Gasteiger partial charge >= 0.3 is 0 Å². The minimum atomic E-state index is -0.0317. The van der Waals surface area contributed by atoms with Crippen molar-refractivity contribution in [1.82, 2.24) is 10.6 Å². The fraction of sp³-hybridized carbons (Fsp3) is 0.846. The topological polar surface area (TPSA) is 79.5 Å². The van der Waals surface area contributed by atoms with Crippen LogP contribution in [0.4, 0.5) is 0 Å². The maximum Gasteiger partial charge on any atom is 0.242 e. The molecule has 4 N–H and O–H groups in total. The fourth-order valence-electron chi connectivity index (χ4n) is 2.08. The van der Waals surface area contributed by atoms with Gasteiger partial charge in [-0.2, -0.15) is 0 Å². The van der Waals surface area contributed by atoms with Crippen LogP contribution in [0.5, 0.6) is 0 Å². The number of guanidine groups is 1. The summed E-state index contributed by atoms with van der Waals surface area (Å²) in [6.45, 7) is 4.22. The maximum atomic E-state index is 11.7. The van der Waals surface area contributed by atoms with E-state index in [0.717, 1.165) is 19.3 Å². The summed E-state index contributed by atoms with van der Waals surface area (Å²) in [6, 6.07) is 0.625. The van der Waals surface area contributed by atoms with E-state index in [0.29, 0.717) is 12.0 Å². The molecule has 104 valence electrons. The van der Waals surface area contributed by atoms with Crippen LogP contribution in [0.3, 0.4) is 0 Å². The number of rotatable bonds is 5. The van der Waals surface area contributed by atoms with Gasteiger partial charge in [0.1, 0.15) is 6.54 Å². The van der Waals surface area contributed by atoms with E-state index in [9.17, 15) is 4.79 Å². The highest BCUT2D eigenvalue weighted by Gasteiger charge is 2.15. The summed E-state index contributed by atoms with van der Waals surface area (Å²) in [4.78, 5) is 15.7. The first kappa shape index (κ1) is 14.8. The molecule has 1 saturated carbocycles. The molecule has 0 aromatic carbocycles. The number of aliphatic imine (C=N–C) groups is 1. The molecular formula is C13H26N4O. The van der Waals surface area contributed by atoms with Crippen LogP contribution in [0, 0.1) is 0 Å². The second kappa shape index (κ2) is 7.95. The first-order chi connectivity index (χ1) is 8.61. The molecule has 0 bridgehead atoms. The van der Waals surface area contributed by atoms with E-state index in [1.54, 1.807) is 0 Å². The van der Waals surface area contributed by atoms with Crippen molar-refractivity contribution >= 4 is 11.9 Å². The zero-order chi connectivity index (χ0) is 13.4. The largest absolute Gasteiger partial charge is 0.370 e. The highest BCUT2D eigenvalue weighted by Crippen LogP contribution is 2.17. The molecule has 0 aromatic heterocycles. The lowest BCUT2D eigenvalue weighted by molar-refractivity contribution is -0.120. The van der Waals surface area contributed by atoms with E-state index >= 15 is 0 Å². The summed E-state index contributed by atoms with van der Waals surface area (Å²) < 4.78 is 0. The van der Waals surface area contributed by atoms with Gasteiger partial charge in [0.05, 0.1) is 0 Å². The minimum absolute atomic E-state index is 0.0317. The second-order valence-electron chi connectivity index (χ2n) is 5.06. The molecule has 18 heavy (non-hydrogen) atoms. The molecule has 5 nitrogen and oxygen atoms in total. The van der Waals surface area contributed by atoms with Crippen molar-refractivity contribution < 1.29 is 4.79 Å². The number of nitrogens with one attached hydrogen (secondary N) is 2. The van der Waals surface area contributed by atoms with Crippen molar-refractivity contribution in [2.45, 2.75) is 64.5 Å². The van der Waals surface area contributed by atoms with Crippen LogP contribution in [-0.4, -0.2) is 30.5 Å². The number of hydrogen-bond acceptors (Lipinski definition) is 2. The molecule has 1 rings (SSSR count). The summed E-state index contributed by atoms with van der Waals surface area (Å²) >= 11 is 0. The number of carbonyl (C=O) groups excluding carboxylic acids is 1. The predicted molar refractivity (Wildman–Crippen MR) is 74.4 cm³/mol. The molecule has 0 aliphatic heterocycles. The molecule has 1 atom stereocenters. The Balaban J connectivity index is 2.24. The van der Waals surface area contributed by atoms with Gasteiger partial charge in [-0.05, 0) is 26.2 Å². The van der Waals surface area contributed by atoms with Crippen LogP contribution < -0.4 is 16.4 Å². The van der Waals surface area contributed by atoms with Gasteiger partial charge in [0.15, 0.2) is 5.96 Å². The quantitative estimate of drug-likeness (QED) is 0.508. The second-order valence-corrected chi connectivity index (χ2v) is 5.06. The third-order valence-electron chi connectivity index (χ3n) is 3.37. The number of hydrogen-bond donors (Lipinski definition) is 3. The van der Waals surface area contributed by atoms with E-state index in [1.807, 2.05) is 6.92 Å². The van der Waals surface area contributed by atoms with Crippen LogP contribution >= 0.6 is 0 Å². The molecular weight excluding hydrogens is 228 g/mol. The van der Waals surface area contributed by atoms with Crippen LogP contribution in [0.15, 0.2) is 4.99 Å². The highest BCUT2D eigenvalue weighted by atomic mass is 16.1. The third kappa shape index (κ3) is 5.89. The van der Waals surface area contributed by atoms with Gasteiger partial charge in [0, 0.05) is 12.1 Å². The van der Waals surface area contributed by atoms with Gasteiger partial charge in [-0.25, -0.2) is 4.99 Å². The number of amides is 1. The SMILES string of the molecule is CCC(C)NC(N)=NCC(=O)NC1CCCCC1. The molecule has 1 unspecified atom stereocenters. The summed E-state index contributed by atoms with van der Waals surface area (Å²) in [6.07, 6.45) is 6.88. The van der Waals surface area contributed by atoms with Crippen molar-refractivity contribution in [2.75, 3.05) is 6.54 Å². The Hall–Kier alpha value is -1.26. The van der Waals surface area contributed by atoms with Crippen LogP contribution in [0.1, 0.15) is 52.4 Å². The first-order valence-electron chi connectivity index (χ1n) is 6.97. The van der Waals surface area contributed by atoms with Crippen molar-refractivity contribution in [1.29, 1.82) is 0 Å². The Kier molecular flexibility index (Phi) is 6.54. The van der Waals surface area contributed by atoms with Crippen molar-refractivity contribution in [3.05, 3.63) is 0 Å². The molecule has 5 heteroatoms. The standard InChI is InChI=1S/C13H26N4O/c1-3-10(2)16-13(14)15-9-12(18)17-11-7-5-4-6-8-11/h10-11H,3-9H2,1-2H3,(H,17,18)(H3,14,15,16). The highest BCUT2D eigenvalue weighted by molar-refractivity contribution is 5.84. The lowest BCUT2D eigenvalue weighted by Crippen LogP contribution is -2.40. The molecule has 1 amide bonds. The van der Waals surface area contributed by atoms with Gasteiger partial charge in [0.2, 0.25) is 5.91 Å². The van der Waals surface area contributed by atoms with E-state index in [1.165, 1.54) is 19.3 Å². The first-order valence-corrected chi connectivity index (χ1v) is 6.97. The van der Waals surface area contributed by atoms with Crippen molar-refractivity contribution in [3.8, 4) is 0 Å². The zero-order valence-corrected chi connectivity index (χ0v) is 11.5. The number of carbonyl (C=O) groups is 1. The number of nitrogens with two attached hydrogens (primary N) is 1. The van der Waals surface area contributed by atoms with Crippen molar-refractivity contribution in [2.24, 2.45) is 10.7 Å². The Morgan fingerprint density at radius 2 is 2.06 bits per heavy atom. The smallest absolute Gasteiger partial charge is 0.242 e. The molecule has 1 fully saturated rings. The fourth-order valence-corrected chi connectivity index (χ4v) is 2.08. The average molecular weight is 254 g/mol. The van der Waals surface area contributed by atoms with Gasteiger partial charge < -0.3 is 16.4 Å². The Morgan fingerprint density at radius 3 is 2.67 bits per heavy atom. The molecule has 1 aliphatic carbocycles. The van der Waals surface area contributed by atoms with Crippen LogP contribution in [0.2, 0.25) is 0 Å². The summed E-state index contributed by atoms with van der Waals surface area (Å²) in [7, 11) is 0. The lowest BCUT2D eigenvalue weighted by atomic mass is 9.95. The van der Waals surface area contributed by atoms with Gasteiger partial charge in [0.25, 0.3) is 0 Å². The molecule has 0 saturated heterocycles. The molecule has 0 spiro atoms. The number of nitrogens with zero attached hydrogens (tertiary/aromatic N) is 1. The predicted octanol–water partition coefficient (Wildman–Crippen LogP) is 1.14. The third-order valence-corrected chi connectivity index (χ3v) is 3.37. The van der Waals surface area contributed by atoms with Gasteiger partial charge in [-0.1, -0.05) is 26.2 Å². The Morgan fingerprint density at radius 1 is 1.39 bits per heavy atom. The Bertz CT molecular complexity index is 285. The van der Waals surface area contributed by atoms with E-state index in [4.69, 9.17) is 5.73 Å². The van der Waals surface area contributed by atoms with E-state index < -0.39 is 0 Å². The molecule has 0 radical (unpaired) electrons. The van der Waals surface area contributed by atoms with E-state index in [-0.39, 0.29) is 18.5 Å². The monoisotopic (exact) mass is 254 g/mol. The molecule has 0 heterocycles. The lowest BCUT2D eigenvalue weighted by Gasteiger charge is -2.22. The Labute approximate surface area is 110 Å². The zero-order valence-electron chi connectivity index (χ0n) is 11.5. The summed E-state index contributed by atoms with van der Waals surface area (Å²) in [5.41, 5.74) is 5.69. The van der Waals surface area contributed by atoms with Gasteiger partial charge in [-0.15, -0.1) is 0 Å². The summed E-state index contributed by atoms with van der Waals surface area (Å²) in [5.74, 6) is 0.318. The van der Waals surface area contributed by atoms with Crippen molar-refractivity contribution in [3.63, 3.8) is 0 Å². The van der Waals surface area contributed by atoms with Gasteiger partial charge in [-0.3, -0.25) is 4.79 Å². The maximum absolute atomic E-state index is 11.7. The van der Waals surface area contributed by atoms with Crippen LogP contribution in [-0.2, 0) is 4.79 Å².